The molecule has 2 rings (SSSR count). The van der Waals surface area contributed by atoms with Crippen LogP contribution in [0.3, 0.4) is 0 Å². The fourth-order valence-corrected chi connectivity index (χ4v) is 2.08. The molecule has 1 unspecified atom stereocenters. The Hall–Kier alpha value is -1.45. The van der Waals surface area contributed by atoms with Gasteiger partial charge in [-0.3, -0.25) is 0 Å². The van der Waals surface area contributed by atoms with Crippen molar-refractivity contribution in [2.75, 3.05) is 0 Å². The van der Waals surface area contributed by atoms with Gasteiger partial charge in [-0.05, 0) is 24.1 Å². The molecule has 0 heterocycles. The number of hydrogen-bond acceptors (Lipinski definition) is 1. The van der Waals surface area contributed by atoms with Gasteiger partial charge in [0.1, 0.15) is 11.6 Å². The van der Waals surface area contributed by atoms with E-state index in [9.17, 15) is 8.78 Å². The fourth-order valence-electron chi connectivity index (χ4n) is 1.83. The molecule has 0 aliphatic heterocycles. The minimum atomic E-state index is -0.710. The Labute approximate surface area is 109 Å². The number of benzene rings is 2. The molecular weight excluding hydrogens is 256 g/mol. The second-order valence-corrected chi connectivity index (χ2v) is 4.50. The molecule has 94 valence electrons. The molecule has 0 aromatic heterocycles. The van der Waals surface area contributed by atoms with Crippen LogP contribution in [0.25, 0.3) is 0 Å². The van der Waals surface area contributed by atoms with Crippen LogP contribution in [0.1, 0.15) is 22.7 Å². The topological polar surface area (TPSA) is 26.0 Å². The molecule has 1 atom stereocenters. The first-order valence-electron chi connectivity index (χ1n) is 5.46. The van der Waals surface area contributed by atoms with E-state index in [0.717, 1.165) is 11.6 Å². The number of nitrogens with two attached hydrogens (primary N) is 1. The van der Waals surface area contributed by atoms with Crippen molar-refractivity contribution in [1.82, 2.24) is 0 Å². The molecule has 0 saturated heterocycles. The molecule has 0 radical (unpaired) electrons. The van der Waals surface area contributed by atoms with Gasteiger partial charge < -0.3 is 5.73 Å². The summed E-state index contributed by atoms with van der Waals surface area (Å²) in [6.45, 7) is 1.85. The fraction of sp³-hybridized carbons (Fsp3) is 0.143. The molecule has 0 aliphatic carbocycles. The third-order valence-electron chi connectivity index (χ3n) is 2.85. The molecule has 18 heavy (non-hydrogen) atoms. The van der Waals surface area contributed by atoms with E-state index in [-0.39, 0.29) is 5.56 Å². The Bertz CT molecular complexity index is 584. The Kier molecular flexibility index (Phi) is 3.64. The van der Waals surface area contributed by atoms with Crippen molar-refractivity contribution in [3.8, 4) is 0 Å². The predicted octanol–water partition coefficient (Wildman–Crippen LogP) is 3.97. The summed E-state index contributed by atoms with van der Waals surface area (Å²) in [7, 11) is 0. The van der Waals surface area contributed by atoms with Crippen LogP contribution in [0.5, 0.6) is 0 Å². The Morgan fingerprint density at radius 3 is 2.50 bits per heavy atom. The highest BCUT2D eigenvalue weighted by atomic mass is 35.5. The molecule has 0 fully saturated rings. The normalized spacial score (nSPS) is 12.5. The molecule has 4 heteroatoms. The van der Waals surface area contributed by atoms with E-state index in [4.69, 9.17) is 17.3 Å². The van der Waals surface area contributed by atoms with Crippen molar-refractivity contribution < 1.29 is 8.78 Å². The summed E-state index contributed by atoms with van der Waals surface area (Å²) in [5, 5.41) is 0.508. The monoisotopic (exact) mass is 267 g/mol. The van der Waals surface area contributed by atoms with E-state index in [2.05, 4.69) is 0 Å². The Balaban J connectivity index is 2.48. The highest BCUT2D eigenvalue weighted by Crippen LogP contribution is 2.30. The minimum Gasteiger partial charge on any atom is -0.320 e. The van der Waals surface area contributed by atoms with Gasteiger partial charge in [-0.25, -0.2) is 8.78 Å². The molecule has 1 nitrogen and oxygen atoms in total. The van der Waals surface area contributed by atoms with E-state index in [1.807, 2.05) is 13.0 Å². The van der Waals surface area contributed by atoms with Crippen LogP contribution in [0.2, 0.25) is 5.02 Å². The maximum Gasteiger partial charge on any atom is 0.131 e. The van der Waals surface area contributed by atoms with Gasteiger partial charge in [-0.2, -0.15) is 0 Å². The molecule has 0 saturated carbocycles. The minimum absolute atomic E-state index is 0.226. The number of rotatable bonds is 2. The SMILES string of the molecule is Cc1cccc(C(N)c2ccc(F)cc2F)c1Cl. The molecule has 2 aromatic rings. The summed E-state index contributed by atoms with van der Waals surface area (Å²) < 4.78 is 26.5. The lowest BCUT2D eigenvalue weighted by Gasteiger charge is -2.16. The first kappa shape index (κ1) is 13.0. The lowest BCUT2D eigenvalue weighted by molar-refractivity contribution is 0.566. The highest BCUT2D eigenvalue weighted by Gasteiger charge is 2.17. The third kappa shape index (κ3) is 2.37. The van der Waals surface area contributed by atoms with Crippen molar-refractivity contribution in [2.45, 2.75) is 13.0 Å². The van der Waals surface area contributed by atoms with E-state index in [0.29, 0.717) is 10.6 Å². The van der Waals surface area contributed by atoms with E-state index in [1.165, 1.54) is 12.1 Å². The lowest BCUT2D eigenvalue weighted by atomic mass is 9.97. The zero-order valence-corrected chi connectivity index (χ0v) is 10.5. The number of aryl methyl sites for hydroxylation is 1. The zero-order valence-electron chi connectivity index (χ0n) is 9.75. The molecule has 0 aliphatic rings. The standard InChI is InChI=1S/C14H12ClF2N/c1-8-3-2-4-11(13(8)15)14(18)10-6-5-9(16)7-12(10)17/h2-7,14H,18H2,1H3. The van der Waals surface area contributed by atoms with Gasteiger partial charge in [0.25, 0.3) is 0 Å². The van der Waals surface area contributed by atoms with Crippen LogP contribution in [-0.4, -0.2) is 0 Å². The quantitative estimate of drug-likeness (QED) is 0.875. The van der Waals surface area contributed by atoms with Crippen molar-refractivity contribution in [1.29, 1.82) is 0 Å². The average Bonchev–Trinajstić information content (AvgIpc) is 2.32. The third-order valence-corrected chi connectivity index (χ3v) is 3.37. The summed E-state index contributed by atoms with van der Waals surface area (Å²) in [6.07, 6.45) is 0. The maximum absolute atomic E-state index is 13.7. The highest BCUT2D eigenvalue weighted by molar-refractivity contribution is 6.32. The van der Waals surface area contributed by atoms with E-state index in [1.54, 1.807) is 12.1 Å². The van der Waals surface area contributed by atoms with Gasteiger partial charge in [0.05, 0.1) is 6.04 Å². The van der Waals surface area contributed by atoms with Crippen molar-refractivity contribution >= 4 is 11.6 Å². The summed E-state index contributed by atoms with van der Waals surface area (Å²) >= 11 is 6.15. The predicted molar refractivity (Wildman–Crippen MR) is 68.6 cm³/mol. The molecule has 0 bridgehead atoms. The second kappa shape index (κ2) is 5.04. The largest absolute Gasteiger partial charge is 0.320 e. The Morgan fingerprint density at radius 2 is 1.83 bits per heavy atom. The molecule has 0 amide bonds. The zero-order chi connectivity index (χ0) is 13.3. The van der Waals surface area contributed by atoms with Crippen LogP contribution >= 0.6 is 11.6 Å². The molecule has 2 aromatic carbocycles. The van der Waals surface area contributed by atoms with Gasteiger partial charge in [0, 0.05) is 16.7 Å². The summed E-state index contributed by atoms with van der Waals surface area (Å²) in [5.41, 5.74) is 7.71. The smallest absolute Gasteiger partial charge is 0.131 e. The van der Waals surface area contributed by atoms with Gasteiger partial charge in [-0.15, -0.1) is 0 Å². The van der Waals surface area contributed by atoms with Crippen LogP contribution in [0.15, 0.2) is 36.4 Å². The van der Waals surface area contributed by atoms with Gasteiger partial charge in [0.2, 0.25) is 0 Å². The van der Waals surface area contributed by atoms with Gasteiger partial charge in [-0.1, -0.05) is 35.9 Å². The van der Waals surface area contributed by atoms with Crippen molar-refractivity contribution in [3.05, 3.63) is 69.7 Å². The van der Waals surface area contributed by atoms with Crippen LogP contribution < -0.4 is 5.73 Å². The molecule has 2 N–H and O–H groups in total. The van der Waals surface area contributed by atoms with Crippen molar-refractivity contribution in [3.63, 3.8) is 0 Å². The van der Waals surface area contributed by atoms with Crippen LogP contribution in [-0.2, 0) is 0 Å². The summed E-state index contributed by atoms with van der Waals surface area (Å²) in [5.74, 6) is -1.29. The second-order valence-electron chi connectivity index (χ2n) is 4.12. The van der Waals surface area contributed by atoms with Gasteiger partial charge >= 0.3 is 0 Å². The maximum atomic E-state index is 13.7. The number of hydrogen-bond donors (Lipinski definition) is 1. The van der Waals surface area contributed by atoms with E-state index < -0.39 is 17.7 Å². The van der Waals surface area contributed by atoms with Crippen LogP contribution in [0.4, 0.5) is 8.78 Å². The summed E-state index contributed by atoms with van der Waals surface area (Å²) in [4.78, 5) is 0. The molecule has 0 spiro atoms. The van der Waals surface area contributed by atoms with Crippen LogP contribution in [0, 0.1) is 18.6 Å². The first-order chi connectivity index (χ1) is 8.50. The van der Waals surface area contributed by atoms with Gasteiger partial charge in [0.15, 0.2) is 0 Å². The Morgan fingerprint density at radius 1 is 1.11 bits per heavy atom. The average molecular weight is 268 g/mol. The lowest BCUT2D eigenvalue weighted by Crippen LogP contribution is -2.14. The number of halogens is 3. The van der Waals surface area contributed by atoms with E-state index >= 15 is 0 Å². The molecular formula is C14H12ClF2N. The van der Waals surface area contributed by atoms with Crippen molar-refractivity contribution in [2.24, 2.45) is 5.73 Å². The first-order valence-corrected chi connectivity index (χ1v) is 5.84. The summed E-state index contributed by atoms with van der Waals surface area (Å²) in [6, 6.07) is 8.02.